The first-order valence-electron chi connectivity index (χ1n) is 10.6. The zero-order valence-electron chi connectivity index (χ0n) is 18.3. The molecule has 3 aromatic rings. The van der Waals surface area contributed by atoms with Crippen molar-refractivity contribution in [2.75, 3.05) is 13.2 Å². The molecule has 0 aliphatic rings. The minimum Gasteiger partial charge on any atom is -0.490 e. The fraction of sp³-hybridized carbons (Fsp3) is 0.222. The molecule has 0 spiro atoms. The fourth-order valence-corrected chi connectivity index (χ4v) is 3.57. The van der Waals surface area contributed by atoms with Crippen LogP contribution in [0.25, 0.3) is 16.7 Å². The summed E-state index contributed by atoms with van der Waals surface area (Å²) in [5.41, 5.74) is 5.56. The van der Waals surface area contributed by atoms with E-state index in [2.05, 4.69) is 65.3 Å². The second kappa shape index (κ2) is 11.7. The Morgan fingerprint density at radius 3 is 2.12 bits per heavy atom. The van der Waals surface area contributed by atoms with Crippen molar-refractivity contribution in [3.8, 4) is 16.9 Å². The number of carbonyl (C=O) groups is 1. The SMILES string of the molecule is CCO[C@@H](Cc1ccc(OC/C=C(\C)c2ccc(-c3ccc(Br)cc3)cc2)cc1)C(=O)O. The van der Waals surface area contributed by atoms with E-state index in [0.717, 1.165) is 26.9 Å². The monoisotopic (exact) mass is 494 g/mol. The predicted molar refractivity (Wildman–Crippen MR) is 132 cm³/mol. The second-order valence-electron chi connectivity index (χ2n) is 7.41. The third-order valence-corrected chi connectivity index (χ3v) is 5.67. The molecule has 0 saturated carbocycles. The van der Waals surface area contributed by atoms with Crippen LogP contribution < -0.4 is 4.74 Å². The van der Waals surface area contributed by atoms with Gasteiger partial charge in [-0.2, -0.15) is 0 Å². The van der Waals surface area contributed by atoms with E-state index >= 15 is 0 Å². The summed E-state index contributed by atoms with van der Waals surface area (Å²) in [7, 11) is 0. The largest absolute Gasteiger partial charge is 0.490 e. The Hall–Kier alpha value is -2.89. The first kappa shape index (κ1) is 23.8. The number of halogens is 1. The van der Waals surface area contributed by atoms with Gasteiger partial charge in [-0.05, 0) is 72.0 Å². The van der Waals surface area contributed by atoms with Gasteiger partial charge in [0.25, 0.3) is 0 Å². The van der Waals surface area contributed by atoms with Crippen LogP contribution in [0.15, 0.2) is 83.3 Å². The summed E-state index contributed by atoms with van der Waals surface area (Å²) >= 11 is 3.47. The van der Waals surface area contributed by atoms with Crippen LogP contribution in [0.1, 0.15) is 25.0 Å². The van der Waals surface area contributed by atoms with Crippen LogP contribution >= 0.6 is 15.9 Å². The van der Waals surface area contributed by atoms with Gasteiger partial charge in [0.15, 0.2) is 6.10 Å². The number of rotatable bonds is 10. The molecule has 3 aromatic carbocycles. The van der Waals surface area contributed by atoms with Crippen molar-refractivity contribution in [3.05, 3.63) is 94.5 Å². The third-order valence-electron chi connectivity index (χ3n) is 5.15. The minimum atomic E-state index is -0.947. The highest BCUT2D eigenvalue weighted by Crippen LogP contribution is 2.24. The topological polar surface area (TPSA) is 55.8 Å². The maximum Gasteiger partial charge on any atom is 0.333 e. The summed E-state index contributed by atoms with van der Waals surface area (Å²) in [5.74, 6) is -0.204. The lowest BCUT2D eigenvalue weighted by molar-refractivity contribution is -0.149. The van der Waals surface area contributed by atoms with Gasteiger partial charge in [0, 0.05) is 17.5 Å². The molecule has 4 nitrogen and oxygen atoms in total. The van der Waals surface area contributed by atoms with E-state index < -0.39 is 12.1 Å². The smallest absolute Gasteiger partial charge is 0.333 e. The number of ether oxygens (including phenoxy) is 2. The lowest BCUT2D eigenvalue weighted by Gasteiger charge is -2.12. The first-order valence-corrected chi connectivity index (χ1v) is 11.3. The van der Waals surface area contributed by atoms with Crippen LogP contribution in [0.5, 0.6) is 5.75 Å². The molecule has 0 bridgehead atoms. The van der Waals surface area contributed by atoms with E-state index in [1.807, 2.05) is 36.4 Å². The number of carboxylic acid groups (broad SMARTS) is 1. The maximum atomic E-state index is 11.2. The fourth-order valence-electron chi connectivity index (χ4n) is 3.30. The highest BCUT2D eigenvalue weighted by atomic mass is 79.9. The van der Waals surface area contributed by atoms with E-state index in [9.17, 15) is 9.90 Å². The van der Waals surface area contributed by atoms with Crippen LogP contribution in [0, 0.1) is 0 Å². The van der Waals surface area contributed by atoms with Gasteiger partial charge < -0.3 is 14.6 Å². The summed E-state index contributed by atoms with van der Waals surface area (Å²) in [6.45, 7) is 4.69. The highest BCUT2D eigenvalue weighted by molar-refractivity contribution is 9.10. The Kier molecular flexibility index (Phi) is 8.65. The standard InChI is InChI=1S/C27H27BrO4/c1-3-31-26(27(29)30)18-20-4-14-25(15-5-20)32-17-16-19(2)21-6-8-22(9-7-21)23-10-12-24(28)13-11-23/h4-16,26H,3,17-18H2,1-2H3,(H,29,30)/b19-16+/t26-/m0/s1. The first-order chi connectivity index (χ1) is 15.5. The quantitative estimate of drug-likeness (QED) is 0.343. The van der Waals surface area contributed by atoms with E-state index in [4.69, 9.17) is 9.47 Å². The molecular formula is C27H27BrO4. The molecule has 5 heteroatoms. The van der Waals surface area contributed by atoms with Gasteiger partial charge in [-0.1, -0.05) is 64.5 Å². The van der Waals surface area contributed by atoms with Crippen molar-refractivity contribution in [1.29, 1.82) is 0 Å². The molecule has 0 radical (unpaired) electrons. The van der Waals surface area contributed by atoms with Crippen molar-refractivity contribution in [3.63, 3.8) is 0 Å². The van der Waals surface area contributed by atoms with Gasteiger partial charge in [-0.15, -0.1) is 0 Å². The highest BCUT2D eigenvalue weighted by Gasteiger charge is 2.17. The van der Waals surface area contributed by atoms with Gasteiger partial charge >= 0.3 is 5.97 Å². The van der Waals surface area contributed by atoms with Crippen molar-refractivity contribution in [1.82, 2.24) is 0 Å². The summed E-state index contributed by atoms with van der Waals surface area (Å²) in [4.78, 5) is 11.2. The Balaban J connectivity index is 1.55. The molecule has 0 aromatic heterocycles. The van der Waals surface area contributed by atoms with Crippen LogP contribution in [0.2, 0.25) is 0 Å². The summed E-state index contributed by atoms with van der Waals surface area (Å²) in [5, 5.41) is 9.21. The van der Waals surface area contributed by atoms with Gasteiger partial charge in [-0.25, -0.2) is 4.79 Å². The average Bonchev–Trinajstić information content (AvgIpc) is 2.80. The van der Waals surface area contributed by atoms with Crippen molar-refractivity contribution in [2.45, 2.75) is 26.4 Å². The zero-order chi connectivity index (χ0) is 22.9. The molecule has 32 heavy (non-hydrogen) atoms. The zero-order valence-corrected chi connectivity index (χ0v) is 19.8. The lowest BCUT2D eigenvalue weighted by Crippen LogP contribution is -2.26. The third kappa shape index (κ3) is 6.81. The molecule has 0 fully saturated rings. The number of hydrogen-bond acceptors (Lipinski definition) is 3. The van der Waals surface area contributed by atoms with E-state index in [0.29, 0.717) is 19.6 Å². The predicted octanol–water partition coefficient (Wildman–Crippen LogP) is 6.63. The summed E-state index contributed by atoms with van der Waals surface area (Å²) < 4.78 is 12.2. The van der Waals surface area contributed by atoms with Crippen LogP contribution in [0.4, 0.5) is 0 Å². The summed E-state index contributed by atoms with van der Waals surface area (Å²) in [6, 6.07) is 24.2. The van der Waals surface area contributed by atoms with Crippen LogP contribution in [-0.2, 0) is 16.0 Å². The van der Waals surface area contributed by atoms with Crippen molar-refractivity contribution < 1.29 is 19.4 Å². The molecule has 0 aliphatic heterocycles. The normalized spacial score (nSPS) is 12.4. The molecule has 0 amide bonds. The van der Waals surface area contributed by atoms with E-state index in [1.165, 1.54) is 11.1 Å². The lowest BCUT2D eigenvalue weighted by atomic mass is 10.0. The van der Waals surface area contributed by atoms with Gasteiger partial charge in [0.1, 0.15) is 12.4 Å². The number of aliphatic carboxylic acids is 1. The molecule has 1 N–H and O–H groups in total. The molecule has 0 saturated heterocycles. The molecule has 0 aliphatic carbocycles. The molecule has 3 rings (SSSR count). The van der Waals surface area contributed by atoms with E-state index in [-0.39, 0.29) is 0 Å². The molecule has 0 unspecified atom stereocenters. The maximum absolute atomic E-state index is 11.2. The number of benzene rings is 3. The molecule has 1 atom stereocenters. The average molecular weight is 495 g/mol. The Morgan fingerprint density at radius 2 is 1.56 bits per heavy atom. The molecule has 0 heterocycles. The molecular weight excluding hydrogens is 468 g/mol. The minimum absolute atomic E-state index is 0.332. The number of hydrogen-bond donors (Lipinski definition) is 1. The second-order valence-corrected chi connectivity index (χ2v) is 8.33. The van der Waals surface area contributed by atoms with Gasteiger partial charge in [-0.3, -0.25) is 0 Å². The van der Waals surface area contributed by atoms with Gasteiger partial charge in [0.05, 0.1) is 0 Å². The van der Waals surface area contributed by atoms with Crippen molar-refractivity contribution in [2.24, 2.45) is 0 Å². The molecule has 166 valence electrons. The number of allylic oxidation sites excluding steroid dienone is 1. The summed E-state index contributed by atoms with van der Waals surface area (Å²) in [6.07, 6.45) is 1.56. The Bertz CT molecular complexity index is 1040. The van der Waals surface area contributed by atoms with Crippen molar-refractivity contribution >= 4 is 27.5 Å². The van der Waals surface area contributed by atoms with Crippen LogP contribution in [0.3, 0.4) is 0 Å². The van der Waals surface area contributed by atoms with E-state index in [1.54, 1.807) is 6.92 Å². The van der Waals surface area contributed by atoms with Gasteiger partial charge in [0.2, 0.25) is 0 Å². The van der Waals surface area contributed by atoms with Crippen LogP contribution in [-0.4, -0.2) is 30.4 Å². The number of carboxylic acids is 1. The Labute approximate surface area is 197 Å². The Morgan fingerprint density at radius 1 is 0.969 bits per heavy atom.